The SMILES string of the molecule is [B]c1c(O)c(O)c2c3c(O)c(O)c(Br)c(O)c3n(-c3ccccc3-c3ccccc3)c2c1O. The number of para-hydroxylation sites is 1. The van der Waals surface area contributed by atoms with Crippen molar-refractivity contribution in [1.29, 1.82) is 0 Å². The van der Waals surface area contributed by atoms with Gasteiger partial charge in [-0.15, -0.1) is 0 Å². The Morgan fingerprint density at radius 3 is 1.82 bits per heavy atom. The number of nitrogens with zero attached hydrogens (tertiary/aromatic N) is 1. The third kappa shape index (κ3) is 2.75. The molecule has 6 N–H and O–H groups in total. The molecule has 9 heteroatoms. The van der Waals surface area contributed by atoms with Crippen LogP contribution in [0.5, 0.6) is 34.5 Å². The molecule has 7 nitrogen and oxygen atoms in total. The summed E-state index contributed by atoms with van der Waals surface area (Å²) in [7, 11) is 5.85. The highest BCUT2D eigenvalue weighted by Crippen LogP contribution is 2.55. The summed E-state index contributed by atoms with van der Waals surface area (Å²) in [6, 6.07) is 16.4. The van der Waals surface area contributed by atoms with E-state index in [1.54, 1.807) is 12.1 Å². The van der Waals surface area contributed by atoms with Crippen molar-refractivity contribution >= 4 is 51.0 Å². The van der Waals surface area contributed by atoms with Crippen LogP contribution in [-0.2, 0) is 0 Å². The second-order valence-corrected chi connectivity index (χ2v) is 8.28. The van der Waals surface area contributed by atoms with Gasteiger partial charge >= 0.3 is 0 Å². The number of aromatic nitrogens is 1. The molecular formula is C24H15BBrNO6. The van der Waals surface area contributed by atoms with Crippen LogP contribution in [0.4, 0.5) is 0 Å². The highest BCUT2D eigenvalue weighted by Gasteiger charge is 2.30. The lowest BCUT2D eigenvalue weighted by atomic mass is 9.91. The largest absolute Gasteiger partial charge is 0.506 e. The minimum absolute atomic E-state index is 0.0360. The molecule has 0 bridgehead atoms. The highest BCUT2D eigenvalue weighted by atomic mass is 79.9. The van der Waals surface area contributed by atoms with E-state index in [9.17, 15) is 30.6 Å². The van der Waals surface area contributed by atoms with Gasteiger partial charge in [-0.25, -0.2) is 0 Å². The van der Waals surface area contributed by atoms with Crippen LogP contribution in [0.15, 0.2) is 59.1 Å². The quantitative estimate of drug-likeness (QED) is 0.121. The van der Waals surface area contributed by atoms with E-state index in [4.69, 9.17) is 7.85 Å². The summed E-state index contributed by atoms with van der Waals surface area (Å²) in [6.07, 6.45) is 0. The van der Waals surface area contributed by atoms with Gasteiger partial charge in [0.15, 0.2) is 28.7 Å². The molecule has 0 amide bonds. The molecule has 5 aromatic rings. The minimum Gasteiger partial charge on any atom is -0.506 e. The molecule has 0 spiro atoms. The average Bonchev–Trinajstić information content (AvgIpc) is 3.20. The van der Waals surface area contributed by atoms with Crippen molar-refractivity contribution in [2.24, 2.45) is 0 Å². The molecule has 0 aliphatic heterocycles. The Kier molecular flexibility index (Phi) is 4.61. The molecule has 4 aromatic carbocycles. The predicted octanol–water partition coefficient (Wildman–Crippen LogP) is 4.24. The number of phenols is 6. The normalized spacial score (nSPS) is 11.4. The Morgan fingerprint density at radius 1 is 0.606 bits per heavy atom. The van der Waals surface area contributed by atoms with Gasteiger partial charge in [0.1, 0.15) is 23.6 Å². The van der Waals surface area contributed by atoms with Crippen molar-refractivity contribution in [3.63, 3.8) is 0 Å². The third-order valence-corrected chi connectivity index (χ3v) is 6.45. The summed E-state index contributed by atoms with van der Waals surface area (Å²) in [5, 5.41) is 63.7. The van der Waals surface area contributed by atoms with Crippen molar-refractivity contribution in [3.8, 4) is 51.3 Å². The molecule has 0 aliphatic rings. The summed E-state index contributed by atoms with van der Waals surface area (Å²) in [5.74, 6) is -3.90. The van der Waals surface area contributed by atoms with Crippen molar-refractivity contribution in [2.45, 2.75) is 0 Å². The van der Waals surface area contributed by atoms with Crippen LogP contribution in [0.1, 0.15) is 0 Å². The summed E-state index contributed by atoms with van der Waals surface area (Å²) in [4.78, 5) is 0. The zero-order valence-corrected chi connectivity index (χ0v) is 18.4. The van der Waals surface area contributed by atoms with E-state index in [1.165, 1.54) is 4.57 Å². The van der Waals surface area contributed by atoms with Crippen molar-refractivity contribution in [1.82, 2.24) is 4.57 Å². The fourth-order valence-electron chi connectivity index (χ4n) is 4.18. The van der Waals surface area contributed by atoms with E-state index in [0.29, 0.717) is 11.3 Å². The third-order valence-electron chi connectivity index (χ3n) is 5.70. The van der Waals surface area contributed by atoms with Crippen LogP contribution in [0.3, 0.4) is 0 Å². The Bertz CT molecular complexity index is 1520. The van der Waals surface area contributed by atoms with Crippen LogP contribution in [0.25, 0.3) is 38.6 Å². The Hall–Kier alpha value is -3.98. The topological polar surface area (TPSA) is 126 Å². The molecule has 0 saturated carbocycles. The molecule has 0 unspecified atom stereocenters. The van der Waals surface area contributed by atoms with E-state index in [1.807, 2.05) is 42.5 Å². The molecule has 162 valence electrons. The smallest absolute Gasteiger partial charge is 0.176 e. The van der Waals surface area contributed by atoms with Crippen molar-refractivity contribution in [2.75, 3.05) is 0 Å². The van der Waals surface area contributed by atoms with Gasteiger partial charge < -0.3 is 35.2 Å². The summed E-state index contributed by atoms with van der Waals surface area (Å²) in [5.41, 5.74) is 1.39. The van der Waals surface area contributed by atoms with Gasteiger partial charge in [0.2, 0.25) is 0 Å². The average molecular weight is 504 g/mol. The second kappa shape index (κ2) is 7.28. The Balaban J connectivity index is 2.11. The summed E-state index contributed by atoms with van der Waals surface area (Å²) >= 11 is 3.07. The zero-order chi connectivity index (χ0) is 23.6. The number of halogens is 1. The van der Waals surface area contributed by atoms with Gasteiger partial charge in [0.25, 0.3) is 0 Å². The fraction of sp³-hybridized carbons (Fsp3) is 0. The number of aromatic hydroxyl groups is 6. The fourth-order valence-corrected chi connectivity index (χ4v) is 4.55. The molecule has 1 aromatic heterocycles. The lowest BCUT2D eigenvalue weighted by molar-refractivity contribution is 0.398. The maximum absolute atomic E-state index is 11.0. The number of hydrogen-bond acceptors (Lipinski definition) is 6. The first-order valence-corrected chi connectivity index (χ1v) is 10.5. The second-order valence-electron chi connectivity index (χ2n) is 7.49. The van der Waals surface area contributed by atoms with Crippen molar-refractivity contribution < 1.29 is 30.6 Å². The lowest BCUT2D eigenvalue weighted by Gasteiger charge is -2.16. The first kappa shape index (κ1) is 20.9. The highest BCUT2D eigenvalue weighted by molar-refractivity contribution is 9.10. The standard InChI is InChI=1S/C24H15BBrNO6/c25-15-21(30)17-13(19(28)22(15)31)14-18(23(32)16(26)24(33)20(14)29)27(17)12-9-5-4-8-11(12)10-6-2-1-3-7-10/h1-9,28-33H. The minimum atomic E-state index is -0.795. The van der Waals surface area contributed by atoms with Gasteiger partial charge in [-0.05, 0) is 33.0 Å². The molecule has 0 atom stereocenters. The van der Waals surface area contributed by atoms with Crippen LogP contribution in [-0.4, -0.2) is 43.1 Å². The summed E-state index contributed by atoms with van der Waals surface area (Å²) in [6.45, 7) is 0. The molecule has 5 rings (SSSR count). The molecule has 1 heterocycles. The first-order valence-electron chi connectivity index (χ1n) is 9.73. The van der Waals surface area contributed by atoms with E-state index < -0.39 is 40.0 Å². The van der Waals surface area contributed by atoms with E-state index in [-0.39, 0.29) is 26.3 Å². The zero-order valence-electron chi connectivity index (χ0n) is 16.8. The Morgan fingerprint density at radius 2 is 1.15 bits per heavy atom. The monoisotopic (exact) mass is 503 g/mol. The predicted molar refractivity (Wildman–Crippen MR) is 129 cm³/mol. The molecule has 2 radical (unpaired) electrons. The molecule has 0 aliphatic carbocycles. The number of rotatable bonds is 2. The number of phenolic OH excluding ortho intramolecular Hbond substituents is 6. The van der Waals surface area contributed by atoms with Crippen LogP contribution < -0.4 is 5.46 Å². The van der Waals surface area contributed by atoms with Crippen LogP contribution in [0.2, 0.25) is 0 Å². The van der Waals surface area contributed by atoms with E-state index >= 15 is 0 Å². The van der Waals surface area contributed by atoms with Crippen LogP contribution >= 0.6 is 15.9 Å². The van der Waals surface area contributed by atoms with Gasteiger partial charge in [0, 0.05) is 5.56 Å². The number of benzene rings is 4. The molecule has 0 saturated heterocycles. The number of hydrogen-bond donors (Lipinski definition) is 6. The van der Waals surface area contributed by atoms with Crippen LogP contribution in [0, 0.1) is 0 Å². The van der Waals surface area contributed by atoms with Gasteiger partial charge in [-0.2, -0.15) is 0 Å². The van der Waals surface area contributed by atoms with Gasteiger partial charge in [-0.1, -0.05) is 48.5 Å². The molecule has 0 fully saturated rings. The van der Waals surface area contributed by atoms with E-state index in [2.05, 4.69) is 15.9 Å². The first-order chi connectivity index (χ1) is 15.8. The molecular weight excluding hydrogens is 489 g/mol. The Labute approximate surface area is 196 Å². The van der Waals surface area contributed by atoms with Gasteiger partial charge in [-0.3, -0.25) is 0 Å². The summed E-state index contributed by atoms with van der Waals surface area (Å²) < 4.78 is 1.22. The van der Waals surface area contributed by atoms with Crippen molar-refractivity contribution in [3.05, 3.63) is 59.1 Å². The maximum atomic E-state index is 11.0. The molecule has 33 heavy (non-hydrogen) atoms. The van der Waals surface area contributed by atoms with Gasteiger partial charge in [0.05, 0.1) is 22.0 Å². The lowest BCUT2D eigenvalue weighted by Crippen LogP contribution is -2.06. The van der Waals surface area contributed by atoms with E-state index in [0.717, 1.165) is 5.56 Å². The number of fused-ring (bicyclic) bond motifs is 3. The maximum Gasteiger partial charge on any atom is 0.176 e.